The predicted molar refractivity (Wildman–Crippen MR) is 185 cm³/mol. The van der Waals surface area contributed by atoms with Crippen LogP contribution in [0.2, 0.25) is 0 Å². The zero-order valence-electron chi connectivity index (χ0n) is 25.6. The Morgan fingerprint density at radius 3 is 1.70 bits per heavy atom. The first-order valence-corrected chi connectivity index (χ1v) is 15.5. The highest BCUT2D eigenvalue weighted by Gasteiger charge is 2.53. The summed E-state index contributed by atoms with van der Waals surface area (Å²) in [5.74, 6) is 0.865. The second-order valence-electron chi connectivity index (χ2n) is 11.9. The summed E-state index contributed by atoms with van der Waals surface area (Å²) in [6, 6.07) is 45.1. The normalized spacial score (nSPS) is 18.2. The molecule has 1 nitrogen and oxygen atoms in total. The Morgan fingerprint density at radius 1 is 0.523 bits per heavy atom. The zero-order valence-corrected chi connectivity index (χ0v) is 25.6. The van der Waals surface area contributed by atoms with Gasteiger partial charge in [0, 0.05) is 0 Å². The van der Waals surface area contributed by atoms with Crippen LogP contribution in [0.4, 0.5) is 0 Å². The first kappa shape index (κ1) is 26.5. The summed E-state index contributed by atoms with van der Waals surface area (Å²) in [7, 11) is 1.72. The van der Waals surface area contributed by atoms with E-state index < -0.39 is 0 Å². The second kappa shape index (κ2) is 9.96. The van der Waals surface area contributed by atoms with Gasteiger partial charge < -0.3 is 4.74 Å². The molecule has 0 saturated carbocycles. The van der Waals surface area contributed by atoms with E-state index in [0.717, 1.165) is 5.75 Å². The van der Waals surface area contributed by atoms with Crippen molar-refractivity contribution in [2.24, 2.45) is 0 Å². The van der Waals surface area contributed by atoms with Gasteiger partial charge in [0.05, 0.1) is 12.5 Å². The van der Waals surface area contributed by atoms with E-state index in [1.807, 2.05) is 0 Å². The van der Waals surface area contributed by atoms with Gasteiger partial charge in [-0.2, -0.15) is 0 Å². The SMILES string of the molecule is C/C=C1\C(=C/C)C2(c3ccccc31)c1ccccc1-c1cc3c(-c4ccc(OC)cc4)ccc(-c4ccc(C)cc4)c3cc12. The Morgan fingerprint density at radius 2 is 1.09 bits per heavy atom. The van der Waals surface area contributed by atoms with Crippen LogP contribution in [0, 0.1) is 6.92 Å². The quantitative estimate of drug-likeness (QED) is 0.207. The molecule has 44 heavy (non-hydrogen) atoms. The van der Waals surface area contributed by atoms with Crippen molar-refractivity contribution in [3.05, 3.63) is 167 Å². The molecule has 0 amide bonds. The molecule has 1 heteroatoms. The van der Waals surface area contributed by atoms with Crippen LogP contribution in [0.5, 0.6) is 5.75 Å². The van der Waals surface area contributed by atoms with Gasteiger partial charge in [-0.1, -0.05) is 115 Å². The second-order valence-corrected chi connectivity index (χ2v) is 11.9. The summed E-state index contributed by atoms with van der Waals surface area (Å²) in [6.45, 7) is 6.53. The van der Waals surface area contributed by atoms with Crippen molar-refractivity contribution in [3.63, 3.8) is 0 Å². The van der Waals surface area contributed by atoms with Crippen LogP contribution in [0.3, 0.4) is 0 Å². The number of aryl methyl sites for hydroxylation is 1. The van der Waals surface area contributed by atoms with Crippen molar-refractivity contribution in [3.8, 4) is 39.1 Å². The fourth-order valence-corrected chi connectivity index (χ4v) is 7.92. The number of rotatable bonds is 3. The zero-order chi connectivity index (χ0) is 30.0. The number of hydrogen-bond donors (Lipinski definition) is 0. The number of methoxy groups -OCH3 is 1. The summed E-state index contributed by atoms with van der Waals surface area (Å²) in [5.41, 5.74) is 16.6. The monoisotopic (exact) mass is 566 g/mol. The average Bonchev–Trinajstić information content (AvgIpc) is 3.53. The van der Waals surface area contributed by atoms with Gasteiger partial charge in [-0.05, 0) is 123 Å². The summed E-state index contributed by atoms with van der Waals surface area (Å²) in [6.07, 6.45) is 4.64. The lowest BCUT2D eigenvalue weighted by Crippen LogP contribution is -2.26. The van der Waals surface area contributed by atoms with Crippen LogP contribution >= 0.6 is 0 Å². The lowest BCUT2D eigenvalue weighted by atomic mass is 9.70. The molecular formula is C43H34O. The smallest absolute Gasteiger partial charge is 0.118 e. The first-order valence-electron chi connectivity index (χ1n) is 15.5. The van der Waals surface area contributed by atoms with Gasteiger partial charge in [-0.15, -0.1) is 0 Å². The van der Waals surface area contributed by atoms with E-state index in [-0.39, 0.29) is 5.41 Å². The molecule has 1 spiro atoms. The van der Waals surface area contributed by atoms with E-state index >= 15 is 0 Å². The molecule has 6 aromatic rings. The molecule has 1 unspecified atom stereocenters. The van der Waals surface area contributed by atoms with Crippen LogP contribution in [-0.2, 0) is 5.41 Å². The number of allylic oxidation sites excluding steroid dienone is 4. The molecule has 212 valence electrons. The third kappa shape index (κ3) is 3.53. The maximum absolute atomic E-state index is 5.49. The van der Waals surface area contributed by atoms with E-state index in [2.05, 4.69) is 154 Å². The molecule has 0 N–H and O–H groups in total. The van der Waals surface area contributed by atoms with Crippen LogP contribution in [-0.4, -0.2) is 7.11 Å². The van der Waals surface area contributed by atoms with E-state index in [9.17, 15) is 0 Å². The third-order valence-electron chi connectivity index (χ3n) is 9.84. The van der Waals surface area contributed by atoms with Crippen molar-refractivity contribution in [1.29, 1.82) is 0 Å². The van der Waals surface area contributed by atoms with Crippen molar-refractivity contribution in [2.45, 2.75) is 26.2 Å². The Labute approximate surface area is 259 Å². The molecule has 8 rings (SSSR count). The van der Waals surface area contributed by atoms with Crippen LogP contribution < -0.4 is 4.74 Å². The highest BCUT2D eigenvalue weighted by atomic mass is 16.5. The summed E-state index contributed by atoms with van der Waals surface area (Å²) < 4.78 is 5.49. The van der Waals surface area contributed by atoms with E-state index in [0.29, 0.717) is 0 Å². The Bertz CT molecular complexity index is 2160. The number of benzene rings is 6. The summed E-state index contributed by atoms with van der Waals surface area (Å²) in [4.78, 5) is 0. The van der Waals surface area contributed by atoms with E-state index in [1.54, 1.807) is 7.11 Å². The Kier molecular flexibility index (Phi) is 6.00. The molecule has 0 heterocycles. The van der Waals surface area contributed by atoms with Crippen LogP contribution in [0.15, 0.2) is 139 Å². The fraction of sp³-hybridized carbons (Fsp3) is 0.116. The van der Waals surface area contributed by atoms with Gasteiger partial charge in [0.15, 0.2) is 0 Å². The highest BCUT2D eigenvalue weighted by molar-refractivity contribution is 6.10. The van der Waals surface area contributed by atoms with Crippen molar-refractivity contribution in [1.82, 2.24) is 0 Å². The highest BCUT2D eigenvalue weighted by Crippen LogP contribution is 2.64. The molecule has 0 radical (unpaired) electrons. The molecule has 2 aliphatic carbocycles. The third-order valence-corrected chi connectivity index (χ3v) is 9.84. The molecule has 6 aromatic carbocycles. The predicted octanol–water partition coefficient (Wildman–Crippen LogP) is 11.2. The minimum atomic E-state index is -0.367. The van der Waals surface area contributed by atoms with Crippen LogP contribution in [0.25, 0.3) is 49.7 Å². The van der Waals surface area contributed by atoms with Gasteiger partial charge in [-0.25, -0.2) is 0 Å². The lowest BCUT2D eigenvalue weighted by molar-refractivity contribution is 0.415. The number of ether oxygens (including phenoxy) is 1. The topological polar surface area (TPSA) is 9.23 Å². The molecule has 1 atom stereocenters. The van der Waals surface area contributed by atoms with Crippen molar-refractivity contribution >= 4 is 16.3 Å². The fourth-order valence-electron chi connectivity index (χ4n) is 7.92. The van der Waals surface area contributed by atoms with Gasteiger partial charge in [0.1, 0.15) is 5.75 Å². The Balaban J connectivity index is 1.52. The Hall–Kier alpha value is -5.14. The standard InChI is InChI=1S/C43H34O/c1-5-31-34-11-7-9-13-40(34)43(39(31)6-2)41-14-10-8-12-35(41)38-25-36-32(29-19-21-30(44-4)22-20-29)23-24-33(37(36)26-42(38)43)28-17-15-27(3)16-18-28/h5-26H,1-4H3/b31-5-,39-6+. The number of fused-ring (bicyclic) bond motifs is 8. The van der Waals surface area contributed by atoms with E-state index in [4.69, 9.17) is 4.74 Å². The molecular weight excluding hydrogens is 532 g/mol. The molecule has 0 saturated heterocycles. The van der Waals surface area contributed by atoms with E-state index in [1.165, 1.54) is 83.1 Å². The van der Waals surface area contributed by atoms with Crippen molar-refractivity contribution < 1.29 is 4.74 Å². The van der Waals surface area contributed by atoms with Crippen LogP contribution in [0.1, 0.15) is 41.7 Å². The minimum absolute atomic E-state index is 0.367. The molecule has 2 aliphatic rings. The minimum Gasteiger partial charge on any atom is -0.497 e. The largest absolute Gasteiger partial charge is 0.497 e. The first-order chi connectivity index (χ1) is 21.6. The maximum atomic E-state index is 5.49. The van der Waals surface area contributed by atoms with Gasteiger partial charge >= 0.3 is 0 Å². The maximum Gasteiger partial charge on any atom is 0.118 e. The van der Waals surface area contributed by atoms with Gasteiger partial charge in [0.25, 0.3) is 0 Å². The lowest BCUT2D eigenvalue weighted by Gasteiger charge is -2.31. The molecule has 0 bridgehead atoms. The molecule has 0 fully saturated rings. The molecule has 0 aromatic heterocycles. The van der Waals surface area contributed by atoms with Gasteiger partial charge in [0.2, 0.25) is 0 Å². The average molecular weight is 567 g/mol. The number of hydrogen-bond acceptors (Lipinski definition) is 1. The molecule has 0 aliphatic heterocycles. The summed E-state index contributed by atoms with van der Waals surface area (Å²) >= 11 is 0. The van der Waals surface area contributed by atoms with Gasteiger partial charge in [-0.3, -0.25) is 0 Å². The van der Waals surface area contributed by atoms with Crippen molar-refractivity contribution in [2.75, 3.05) is 7.11 Å². The summed E-state index contributed by atoms with van der Waals surface area (Å²) in [5, 5.41) is 2.54.